The number of fused-ring (bicyclic) bond motifs is 2. The van der Waals surface area contributed by atoms with E-state index in [4.69, 9.17) is 0 Å². The molecule has 2 heterocycles. The molecule has 1 nitrogen and oxygen atoms in total. The van der Waals surface area contributed by atoms with Crippen LogP contribution in [-0.4, -0.2) is 24.5 Å². The van der Waals surface area contributed by atoms with E-state index >= 15 is 0 Å². The summed E-state index contributed by atoms with van der Waals surface area (Å²) in [6, 6.07) is 19.8. The molecule has 2 aromatic rings. The number of hydrogen-bond acceptors (Lipinski definition) is 1. The van der Waals surface area contributed by atoms with Crippen LogP contribution in [0.1, 0.15) is 17.0 Å². The molecule has 2 aromatic carbocycles. The molecule has 2 heteroatoms. The molecule has 0 aliphatic carbocycles. The van der Waals surface area contributed by atoms with Crippen molar-refractivity contribution in [1.29, 1.82) is 0 Å². The van der Waals surface area contributed by atoms with Crippen LogP contribution >= 0.6 is 15.9 Å². The van der Waals surface area contributed by atoms with Gasteiger partial charge in [-0.15, -0.1) is 0 Å². The molecule has 4 rings (SSSR count). The molecular weight excluding hydrogens is 322 g/mol. The fourth-order valence-corrected chi connectivity index (χ4v) is 4.00. The minimum absolute atomic E-state index is 0.618. The molecule has 106 valence electrons. The maximum absolute atomic E-state index is 3.54. The van der Waals surface area contributed by atoms with Crippen LogP contribution in [0.15, 0.2) is 65.1 Å². The highest BCUT2D eigenvalue weighted by molar-refractivity contribution is 9.10. The van der Waals surface area contributed by atoms with E-state index in [0.717, 1.165) is 11.0 Å². The Labute approximate surface area is 134 Å². The molecular formula is C19H18BrN. The molecule has 0 spiro atoms. The lowest BCUT2D eigenvalue weighted by atomic mass is 9.81. The normalized spacial score (nSPS) is 27.5. The zero-order valence-electron chi connectivity index (χ0n) is 11.9. The van der Waals surface area contributed by atoms with Gasteiger partial charge in [0.25, 0.3) is 0 Å². The van der Waals surface area contributed by atoms with E-state index in [9.17, 15) is 0 Å². The van der Waals surface area contributed by atoms with Crippen molar-refractivity contribution in [2.45, 2.75) is 5.92 Å². The maximum Gasteiger partial charge on any atom is 0.0175 e. The number of benzene rings is 2. The lowest BCUT2D eigenvalue weighted by molar-refractivity contribution is 0.360. The Morgan fingerprint density at radius 2 is 1.57 bits per heavy atom. The maximum atomic E-state index is 3.54. The zero-order chi connectivity index (χ0) is 14.2. The summed E-state index contributed by atoms with van der Waals surface area (Å²) in [7, 11) is 0. The summed E-state index contributed by atoms with van der Waals surface area (Å²) in [6.45, 7) is 3.47. The van der Waals surface area contributed by atoms with Gasteiger partial charge in [0.05, 0.1) is 0 Å². The highest BCUT2D eigenvalue weighted by Crippen LogP contribution is 2.43. The smallest absolute Gasteiger partial charge is 0.0175 e. The monoisotopic (exact) mass is 339 g/mol. The van der Waals surface area contributed by atoms with Crippen molar-refractivity contribution in [2.75, 3.05) is 19.6 Å². The third kappa shape index (κ3) is 2.47. The third-order valence-electron chi connectivity index (χ3n) is 4.77. The largest absolute Gasteiger partial charge is 0.298 e. The second-order valence-corrected chi connectivity index (χ2v) is 6.92. The second kappa shape index (κ2) is 5.43. The summed E-state index contributed by atoms with van der Waals surface area (Å²) in [5.74, 6) is 1.24. The van der Waals surface area contributed by atoms with Crippen molar-refractivity contribution in [3.05, 3.63) is 76.3 Å². The minimum Gasteiger partial charge on any atom is -0.298 e. The van der Waals surface area contributed by atoms with Crippen molar-refractivity contribution in [3.63, 3.8) is 0 Å². The van der Waals surface area contributed by atoms with Gasteiger partial charge in [-0.05, 0) is 28.8 Å². The van der Waals surface area contributed by atoms with Gasteiger partial charge in [0.1, 0.15) is 0 Å². The molecule has 2 bridgehead atoms. The number of hydrogen-bond donors (Lipinski definition) is 0. The van der Waals surface area contributed by atoms with Crippen LogP contribution in [0.25, 0.3) is 5.57 Å². The van der Waals surface area contributed by atoms with Crippen LogP contribution in [0.5, 0.6) is 0 Å². The molecule has 1 saturated heterocycles. The van der Waals surface area contributed by atoms with Gasteiger partial charge in [0.15, 0.2) is 0 Å². The number of rotatable bonds is 2. The average Bonchev–Trinajstić information content (AvgIpc) is 2.86. The Hall–Kier alpha value is -1.38. The Morgan fingerprint density at radius 1 is 0.857 bits per heavy atom. The van der Waals surface area contributed by atoms with Crippen LogP contribution < -0.4 is 0 Å². The first-order chi connectivity index (χ1) is 10.3. The molecule has 0 aromatic heterocycles. The van der Waals surface area contributed by atoms with Gasteiger partial charge >= 0.3 is 0 Å². The fourth-order valence-electron chi connectivity index (χ4n) is 3.74. The fraction of sp³-hybridized carbons (Fsp3) is 0.263. The summed E-state index contributed by atoms with van der Waals surface area (Å²) in [5.41, 5.74) is 4.40. The van der Waals surface area contributed by atoms with E-state index in [-0.39, 0.29) is 0 Å². The van der Waals surface area contributed by atoms with Crippen molar-refractivity contribution >= 4 is 21.5 Å². The van der Waals surface area contributed by atoms with E-state index in [1.54, 1.807) is 0 Å². The molecule has 2 aliphatic rings. The number of halogens is 1. The lowest BCUT2D eigenvalue weighted by Gasteiger charge is -2.25. The van der Waals surface area contributed by atoms with Crippen LogP contribution in [0, 0.1) is 5.92 Å². The molecule has 0 N–H and O–H groups in total. The SMILES string of the molecule is Brc1ccc([C@@H]2CN3CC=C(c4ccccc4)[C@H]2C3)cc1. The minimum atomic E-state index is 0.618. The van der Waals surface area contributed by atoms with E-state index in [0.29, 0.717) is 11.8 Å². The predicted molar refractivity (Wildman–Crippen MR) is 91.2 cm³/mol. The van der Waals surface area contributed by atoms with E-state index in [1.165, 1.54) is 29.8 Å². The zero-order valence-corrected chi connectivity index (χ0v) is 13.5. The van der Waals surface area contributed by atoms with Gasteiger partial charge in [-0.25, -0.2) is 0 Å². The first kappa shape index (κ1) is 13.3. The van der Waals surface area contributed by atoms with Gasteiger partial charge in [0, 0.05) is 35.9 Å². The van der Waals surface area contributed by atoms with Gasteiger partial charge in [-0.3, -0.25) is 4.90 Å². The third-order valence-corrected chi connectivity index (χ3v) is 5.30. The lowest BCUT2D eigenvalue weighted by Crippen LogP contribution is -2.24. The van der Waals surface area contributed by atoms with Crippen LogP contribution in [0.4, 0.5) is 0 Å². The van der Waals surface area contributed by atoms with Gasteiger partial charge in [-0.2, -0.15) is 0 Å². The van der Waals surface area contributed by atoms with Gasteiger partial charge in [0.2, 0.25) is 0 Å². The van der Waals surface area contributed by atoms with Crippen molar-refractivity contribution in [2.24, 2.45) is 5.92 Å². The molecule has 1 fully saturated rings. The van der Waals surface area contributed by atoms with Crippen LogP contribution in [0.2, 0.25) is 0 Å². The van der Waals surface area contributed by atoms with Crippen LogP contribution in [0.3, 0.4) is 0 Å². The summed E-state index contributed by atoms with van der Waals surface area (Å²) >= 11 is 3.54. The topological polar surface area (TPSA) is 3.24 Å². The highest BCUT2D eigenvalue weighted by Gasteiger charge is 2.38. The quantitative estimate of drug-likeness (QED) is 0.775. The first-order valence-electron chi connectivity index (χ1n) is 7.54. The Kier molecular flexibility index (Phi) is 3.44. The van der Waals surface area contributed by atoms with Crippen LogP contribution in [-0.2, 0) is 0 Å². The molecule has 2 aliphatic heterocycles. The average molecular weight is 340 g/mol. The summed E-state index contributed by atoms with van der Waals surface area (Å²) in [6.07, 6.45) is 2.43. The summed E-state index contributed by atoms with van der Waals surface area (Å²) < 4.78 is 1.16. The first-order valence-corrected chi connectivity index (χ1v) is 8.34. The molecule has 0 saturated carbocycles. The number of nitrogens with zero attached hydrogens (tertiary/aromatic N) is 1. The molecule has 0 radical (unpaired) electrons. The Balaban J connectivity index is 1.69. The van der Waals surface area contributed by atoms with Gasteiger partial charge in [-0.1, -0.05) is 64.5 Å². The van der Waals surface area contributed by atoms with Crippen molar-refractivity contribution in [1.82, 2.24) is 4.90 Å². The van der Waals surface area contributed by atoms with E-state index in [1.807, 2.05) is 0 Å². The second-order valence-electron chi connectivity index (χ2n) is 6.01. The molecule has 1 unspecified atom stereocenters. The van der Waals surface area contributed by atoms with Crippen molar-refractivity contribution < 1.29 is 0 Å². The van der Waals surface area contributed by atoms with Crippen molar-refractivity contribution in [3.8, 4) is 0 Å². The highest BCUT2D eigenvalue weighted by atomic mass is 79.9. The summed E-state index contributed by atoms with van der Waals surface area (Å²) in [4.78, 5) is 2.57. The predicted octanol–water partition coefficient (Wildman–Crippen LogP) is 4.56. The Bertz CT molecular complexity index is 660. The molecule has 0 amide bonds. The molecule has 3 atom stereocenters. The van der Waals surface area contributed by atoms with Gasteiger partial charge < -0.3 is 0 Å². The summed E-state index contributed by atoms with van der Waals surface area (Å²) in [5, 5.41) is 0. The Morgan fingerprint density at radius 3 is 2.33 bits per heavy atom. The standard InChI is InChI=1S/C19H18BrN/c20-16-8-6-15(7-9-16)18-12-21-11-10-17(19(18)13-21)14-4-2-1-3-5-14/h1-10,18-19H,11-13H2/t18-,19+/m0/s1. The van der Waals surface area contributed by atoms with E-state index in [2.05, 4.69) is 81.5 Å². The molecule has 21 heavy (non-hydrogen) atoms. The van der Waals surface area contributed by atoms with E-state index < -0.39 is 0 Å².